The zero-order chi connectivity index (χ0) is 11.4. The third-order valence-corrected chi connectivity index (χ3v) is 2.58. The van der Waals surface area contributed by atoms with Crippen LogP contribution < -0.4 is 0 Å². The van der Waals surface area contributed by atoms with Crippen LogP contribution in [-0.4, -0.2) is 29.8 Å². The second-order valence-corrected chi connectivity index (χ2v) is 4.19. The van der Waals surface area contributed by atoms with E-state index in [4.69, 9.17) is 23.8 Å². The molecule has 80 valence electrons. The summed E-state index contributed by atoms with van der Waals surface area (Å²) >= 11 is 11.0. The molecule has 2 nitrogen and oxygen atoms in total. The van der Waals surface area contributed by atoms with Crippen LogP contribution in [-0.2, 0) is 0 Å². The molecule has 0 amide bonds. The Bertz CT molecular complexity index is 382. The minimum absolute atomic E-state index is 0.581. The normalized spacial score (nSPS) is 11.3. The van der Waals surface area contributed by atoms with Gasteiger partial charge in [0.15, 0.2) is 0 Å². The zero-order valence-electron chi connectivity index (χ0n) is 8.99. The molecule has 0 heterocycles. The Labute approximate surface area is 101 Å². The highest BCUT2D eigenvalue weighted by Crippen LogP contribution is 2.11. The first-order chi connectivity index (χ1) is 7.00. The van der Waals surface area contributed by atoms with Gasteiger partial charge in [-0.1, -0.05) is 36.0 Å². The summed E-state index contributed by atoms with van der Waals surface area (Å²) in [5.74, 6) is 0.884. The van der Waals surface area contributed by atoms with Crippen molar-refractivity contribution in [2.75, 3.05) is 14.1 Å². The summed E-state index contributed by atoms with van der Waals surface area (Å²) in [7, 11) is 3.87. The molecule has 0 saturated heterocycles. The lowest BCUT2D eigenvalue weighted by Gasteiger charge is -2.11. The molecule has 1 aromatic rings. The Morgan fingerprint density at radius 3 is 2.27 bits per heavy atom. The molecule has 0 aromatic heterocycles. The van der Waals surface area contributed by atoms with Crippen LogP contribution in [0.1, 0.15) is 12.5 Å². The van der Waals surface area contributed by atoms with E-state index < -0.39 is 0 Å². The van der Waals surface area contributed by atoms with Gasteiger partial charge in [0.25, 0.3) is 0 Å². The maximum Gasteiger partial charge on any atom is 0.135 e. The monoisotopic (exact) mass is 240 g/mol. The first kappa shape index (κ1) is 12.1. The molecule has 0 radical (unpaired) electrons. The molecule has 1 rings (SSSR count). The smallest absolute Gasteiger partial charge is 0.135 e. The van der Waals surface area contributed by atoms with Gasteiger partial charge in [-0.05, 0) is 19.1 Å². The van der Waals surface area contributed by atoms with Gasteiger partial charge in [0.2, 0.25) is 0 Å². The Morgan fingerprint density at radius 2 is 1.80 bits per heavy atom. The van der Waals surface area contributed by atoms with E-state index in [1.807, 2.05) is 50.2 Å². The number of amidine groups is 1. The van der Waals surface area contributed by atoms with Crippen LogP contribution in [0, 0.1) is 0 Å². The summed E-state index contributed by atoms with van der Waals surface area (Å²) in [6, 6.07) is 7.36. The summed E-state index contributed by atoms with van der Waals surface area (Å²) in [6.45, 7) is 1.92. The molecule has 0 aliphatic rings. The molecule has 0 spiro atoms. The van der Waals surface area contributed by atoms with Crippen molar-refractivity contribution < 1.29 is 0 Å². The summed E-state index contributed by atoms with van der Waals surface area (Å²) in [5.41, 5.74) is 0.913. The second-order valence-electron chi connectivity index (χ2n) is 3.37. The average molecular weight is 241 g/mol. The molecule has 0 bridgehead atoms. The van der Waals surface area contributed by atoms with E-state index >= 15 is 0 Å². The fourth-order valence-electron chi connectivity index (χ4n) is 0.904. The van der Waals surface area contributed by atoms with Gasteiger partial charge >= 0.3 is 0 Å². The van der Waals surface area contributed by atoms with Crippen molar-refractivity contribution in [3.63, 3.8) is 0 Å². The van der Waals surface area contributed by atoms with Crippen molar-refractivity contribution in [3.05, 3.63) is 34.9 Å². The van der Waals surface area contributed by atoms with Crippen LogP contribution in [0.2, 0.25) is 5.02 Å². The Balaban J connectivity index is 2.86. The summed E-state index contributed by atoms with van der Waals surface area (Å²) in [5, 5.41) is 0.704. The SMILES string of the molecule is CC(=NC(=S)c1ccc(Cl)cc1)N(C)C. The fraction of sp³-hybridized carbons (Fsp3) is 0.273. The largest absolute Gasteiger partial charge is 0.366 e. The predicted molar refractivity (Wildman–Crippen MR) is 69.9 cm³/mol. The van der Waals surface area contributed by atoms with Crippen LogP contribution in [0.3, 0.4) is 0 Å². The highest BCUT2D eigenvalue weighted by atomic mass is 35.5. The van der Waals surface area contributed by atoms with E-state index in [1.165, 1.54) is 0 Å². The third-order valence-electron chi connectivity index (χ3n) is 2.00. The molecule has 0 aliphatic heterocycles. The Hall–Kier alpha value is -0.930. The van der Waals surface area contributed by atoms with Gasteiger partial charge < -0.3 is 4.90 Å². The number of aliphatic imine (C=N–C) groups is 1. The highest BCUT2D eigenvalue weighted by molar-refractivity contribution is 7.80. The second kappa shape index (κ2) is 5.24. The van der Waals surface area contributed by atoms with Crippen molar-refractivity contribution in [1.29, 1.82) is 0 Å². The topological polar surface area (TPSA) is 15.6 Å². The molecule has 0 saturated carbocycles. The van der Waals surface area contributed by atoms with Crippen molar-refractivity contribution in [2.24, 2.45) is 4.99 Å². The van der Waals surface area contributed by atoms with Crippen LogP contribution in [0.5, 0.6) is 0 Å². The molecule has 0 unspecified atom stereocenters. The quantitative estimate of drug-likeness (QED) is 0.426. The van der Waals surface area contributed by atoms with Crippen molar-refractivity contribution in [3.8, 4) is 0 Å². The lowest BCUT2D eigenvalue weighted by atomic mass is 10.2. The molecule has 0 atom stereocenters. The van der Waals surface area contributed by atoms with Crippen LogP contribution in [0.15, 0.2) is 29.3 Å². The number of benzene rings is 1. The number of halogens is 1. The van der Waals surface area contributed by atoms with Gasteiger partial charge in [-0.25, -0.2) is 4.99 Å². The van der Waals surface area contributed by atoms with Gasteiger partial charge in [0, 0.05) is 24.7 Å². The van der Waals surface area contributed by atoms with E-state index in [1.54, 1.807) is 0 Å². The number of thiocarbonyl (C=S) groups is 1. The molecule has 4 heteroatoms. The lowest BCUT2D eigenvalue weighted by Crippen LogP contribution is -2.19. The van der Waals surface area contributed by atoms with Crippen molar-refractivity contribution in [2.45, 2.75) is 6.92 Å². The maximum absolute atomic E-state index is 5.79. The van der Waals surface area contributed by atoms with Gasteiger partial charge in [-0.15, -0.1) is 0 Å². The summed E-state index contributed by atoms with van der Waals surface area (Å²) in [4.78, 5) is 6.81. The minimum Gasteiger partial charge on any atom is -0.366 e. The number of hydrogen-bond acceptors (Lipinski definition) is 1. The van der Waals surface area contributed by atoms with Crippen LogP contribution in [0.4, 0.5) is 0 Å². The van der Waals surface area contributed by atoms with E-state index in [9.17, 15) is 0 Å². The van der Waals surface area contributed by atoms with Crippen LogP contribution in [0.25, 0.3) is 0 Å². The van der Waals surface area contributed by atoms with Gasteiger partial charge in [-0.3, -0.25) is 0 Å². The predicted octanol–water partition coefficient (Wildman–Crippen LogP) is 3.00. The molecule has 0 fully saturated rings. The van der Waals surface area contributed by atoms with E-state index in [-0.39, 0.29) is 0 Å². The highest BCUT2D eigenvalue weighted by Gasteiger charge is 2.01. The molecular weight excluding hydrogens is 228 g/mol. The third kappa shape index (κ3) is 3.61. The average Bonchev–Trinajstić information content (AvgIpc) is 2.18. The number of rotatable bonds is 1. The minimum atomic E-state index is 0.581. The summed E-state index contributed by atoms with van der Waals surface area (Å²) < 4.78 is 0. The van der Waals surface area contributed by atoms with Gasteiger partial charge in [0.05, 0.1) is 0 Å². The Morgan fingerprint density at radius 1 is 1.27 bits per heavy atom. The Kier molecular flexibility index (Phi) is 4.24. The molecule has 0 N–H and O–H groups in total. The van der Waals surface area contributed by atoms with Crippen LogP contribution >= 0.6 is 23.8 Å². The standard InChI is InChI=1S/C11H13ClN2S/c1-8(14(2)3)13-11(15)9-4-6-10(12)7-5-9/h4-7H,1-3H3. The summed E-state index contributed by atoms with van der Waals surface area (Å²) in [6.07, 6.45) is 0. The molecule has 1 aromatic carbocycles. The first-order valence-electron chi connectivity index (χ1n) is 4.53. The van der Waals surface area contributed by atoms with E-state index in [0.717, 1.165) is 11.4 Å². The maximum atomic E-state index is 5.79. The zero-order valence-corrected chi connectivity index (χ0v) is 10.6. The van der Waals surface area contributed by atoms with Crippen molar-refractivity contribution >= 4 is 34.6 Å². The number of nitrogens with zero attached hydrogens (tertiary/aromatic N) is 2. The molecular formula is C11H13ClN2S. The van der Waals surface area contributed by atoms with E-state index in [2.05, 4.69) is 4.99 Å². The van der Waals surface area contributed by atoms with Gasteiger partial charge in [0.1, 0.15) is 10.8 Å². The van der Waals surface area contributed by atoms with Gasteiger partial charge in [-0.2, -0.15) is 0 Å². The van der Waals surface area contributed by atoms with Crippen molar-refractivity contribution in [1.82, 2.24) is 4.90 Å². The van der Waals surface area contributed by atoms with E-state index in [0.29, 0.717) is 10.0 Å². The molecule has 15 heavy (non-hydrogen) atoms. The number of hydrogen-bond donors (Lipinski definition) is 0. The molecule has 0 aliphatic carbocycles. The first-order valence-corrected chi connectivity index (χ1v) is 5.32. The fourth-order valence-corrected chi connectivity index (χ4v) is 1.30. The lowest BCUT2D eigenvalue weighted by molar-refractivity contribution is 0.620.